The largest absolute Gasteiger partial charge is 0.418 e. The van der Waals surface area contributed by atoms with E-state index < -0.39 is 10.0 Å². The Morgan fingerprint density at radius 2 is 1.96 bits per heavy atom. The van der Waals surface area contributed by atoms with Gasteiger partial charge in [-0.25, -0.2) is 8.42 Å². The number of halogens is 1. The van der Waals surface area contributed by atoms with E-state index in [1.165, 1.54) is 4.31 Å². The molecule has 0 aromatic carbocycles. The molecule has 3 aromatic rings. The van der Waals surface area contributed by atoms with Crippen LogP contribution < -0.4 is 0 Å². The number of thiophene rings is 2. The van der Waals surface area contributed by atoms with Gasteiger partial charge in [-0.05, 0) is 30.5 Å². The molecule has 4 heterocycles. The highest BCUT2D eigenvalue weighted by molar-refractivity contribution is 7.91. The Labute approximate surface area is 170 Å². The number of nitrogens with zero attached hydrogens (tertiary/aromatic N) is 4. The van der Waals surface area contributed by atoms with E-state index in [1.54, 1.807) is 23.5 Å². The molecule has 1 saturated heterocycles. The third-order valence-electron chi connectivity index (χ3n) is 4.49. The van der Waals surface area contributed by atoms with E-state index >= 15 is 0 Å². The summed E-state index contributed by atoms with van der Waals surface area (Å²) < 4.78 is 33.5. The highest BCUT2D eigenvalue weighted by Gasteiger charge is 2.32. The second kappa shape index (κ2) is 7.61. The zero-order chi connectivity index (χ0) is 19.0. The minimum atomic E-state index is -3.49. The lowest BCUT2D eigenvalue weighted by molar-refractivity contribution is 0.130. The Morgan fingerprint density at radius 3 is 2.59 bits per heavy atom. The summed E-state index contributed by atoms with van der Waals surface area (Å²) in [6, 6.07) is 6.97. The Balaban J connectivity index is 1.42. The summed E-state index contributed by atoms with van der Waals surface area (Å²) in [5.74, 6) is 1.06. The molecule has 1 unspecified atom stereocenters. The molecular formula is C16H17ClN4O3S3. The minimum Gasteiger partial charge on any atom is -0.418 e. The van der Waals surface area contributed by atoms with Gasteiger partial charge in [0.2, 0.25) is 5.89 Å². The zero-order valence-electron chi connectivity index (χ0n) is 14.4. The van der Waals surface area contributed by atoms with Crippen LogP contribution in [-0.2, 0) is 10.0 Å². The van der Waals surface area contributed by atoms with Crippen molar-refractivity contribution in [2.45, 2.75) is 17.2 Å². The Kier molecular flexibility index (Phi) is 5.36. The van der Waals surface area contributed by atoms with Crippen molar-refractivity contribution in [3.05, 3.63) is 39.9 Å². The van der Waals surface area contributed by atoms with Gasteiger partial charge in [-0.15, -0.1) is 32.9 Å². The molecule has 4 rings (SSSR count). The molecule has 3 aromatic heterocycles. The molecule has 1 fully saturated rings. The van der Waals surface area contributed by atoms with E-state index in [0.717, 1.165) is 16.2 Å². The number of rotatable bonds is 5. The molecule has 1 aliphatic heterocycles. The molecule has 0 aliphatic carbocycles. The Bertz CT molecular complexity index is 1010. The molecule has 1 atom stereocenters. The van der Waals surface area contributed by atoms with Gasteiger partial charge >= 0.3 is 0 Å². The first-order valence-corrected chi connectivity index (χ1v) is 11.8. The molecule has 0 spiro atoms. The topological polar surface area (TPSA) is 79.5 Å². The summed E-state index contributed by atoms with van der Waals surface area (Å²) in [4.78, 5) is 3.09. The van der Waals surface area contributed by atoms with Crippen molar-refractivity contribution in [3.63, 3.8) is 0 Å². The fourth-order valence-electron chi connectivity index (χ4n) is 2.95. The van der Waals surface area contributed by atoms with Gasteiger partial charge in [-0.2, -0.15) is 4.31 Å². The van der Waals surface area contributed by atoms with E-state index in [1.807, 2.05) is 24.4 Å². The van der Waals surface area contributed by atoms with Crippen LogP contribution in [0.4, 0.5) is 0 Å². The van der Waals surface area contributed by atoms with E-state index in [-0.39, 0.29) is 10.3 Å². The smallest absolute Gasteiger partial charge is 0.257 e. The van der Waals surface area contributed by atoms with E-state index in [0.29, 0.717) is 42.3 Å². The summed E-state index contributed by atoms with van der Waals surface area (Å²) in [6.45, 7) is 4.00. The average molecular weight is 445 g/mol. The van der Waals surface area contributed by atoms with Crippen LogP contribution in [0.25, 0.3) is 10.8 Å². The molecule has 1 aliphatic rings. The van der Waals surface area contributed by atoms with Crippen LogP contribution in [-0.4, -0.2) is 54.0 Å². The maximum atomic E-state index is 12.7. The van der Waals surface area contributed by atoms with Crippen molar-refractivity contribution >= 4 is 44.3 Å². The molecule has 27 heavy (non-hydrogen) atoms. The highest BCUT2D eigenvalue weighted by atomic mass is 35.5. The van der Waals surface area contributed by atoms with Crippen molar-refractivity contribution in [1.82, 2.24) is 19.4 Å². The standard InChI is InChI=1S/C16H17ClN4O3S3/c1-11(15-18-19-16(24-15)12-3-2-10-25-12)20-6-8-21(9-7-20)27(22,23)14-5-4-13(17)26-14/h2-5,10-11H,6-9H2,1H3. The first-order chi connectivity index (χ1) is 12.9. The third-order valence-corrected chi connectivity index (χ3v) is 8.95. The monoisotopic (exact) mass is 444 g/mol. The van der Waals surface area contributed by atoms with Gasteiger partial charge in [0.25, 0.3) is 15.9 Å². The molecule has 0 amide bonds. The van der Waals surface area contributed by atoms with Crippen molar-refractivity contribution in [2.24, 2.45) is 0 Å². The average Bonchev–Trinajstić information content (AvgIpc) is 3.41. The molecular weight excluding hydrogens is 428 g/mol. The lowest BCUT2D eigenvalue weighted by atomic mass is 10.2. The lowest BCUT2D eigenvalue weighted by Crippen LogP contribution is -2.49. The molecule has 0 bridgehead atoms. The number of sulfonamides is 1. The third kappa shape index (κ3) is 3.82. The zero-order valence-corrected chi connectivity index (χ0v) is 17.6. The maximum Gasteiger partial charge on any atom is 0.257 e. The number of hydrogen-bond donors (Lipinski definition) is 0. The van der Waals surface area contributed by atoms with Gasteiger partial charge in [0.15, 0.2) is 0 Å². The summed E-state index contributed by atoms with van der Waals surface area (Å²) in [7, 11) is -3.49. The van der Waals surface area contributed by atoms with Crippen LogP contribution >= 0.6 is 34.3 Å². The van der Waals surface area contributed by atoms with Crippen LogP contribution in [0.3, 0.4) is 0 Å². The van der Waals surface area contributed by atoms with Crippen LogP contribution in [0.1, 0.15) is 18.9 Å². The van der Waals surface area contributed by atoms with Gasteiger partial charge in [0, 0.05) is 26.2 Å². The van der Waals surface area contributed by atoms with Gasteiger partial charge < -0.3 is 4.42 Å². The lowest BCUT2D eigenvalue weighted by Gasteiger charge is -2.35. The fourth-order valence-corrected chi connectivity index (χ4v) is 6.66. The molecule has 0 saturated carbocycles. The predicted octanol–water partition coefficient (Wildman–Crippen LogP) is 3.58. The summed E-state index contributed by atoms with van der Waals surface area (Å²) >= 11 is 8.51. The summed E-state index contributed by atoms with van der Waals surface area (Å²) in [5, 5.41) is 10.3. The minimum absolute atomic E-state index is 0.0766. The SMILES string of the molecule is CC(c1nnc(-c2cccs2)o1)N1CCN(S(=O)(=O)c2ccc(Cl)s2)CC1. The second-order valence-electron chi connectivity index (χ2n) is 6.10. The predicted molar refractivity (Wildman–Crippen MR) is 106 cm³/mol. The van der Waals surface area contributed by atoms with Gasteiger partial charge in [-0.3, -0.25) is 4.90 Å². The molecule has 11 heteroatoms. The number of hydrogen-bond acceptors (Lipinski definition) is 8. The normalized spacial score (nSPS) is 18.0. The second-order valence-corrected chi connectivity index (χ2v) is 10.9. The van der Waals surface area contributed by atoms with Crippen molar-refractivity contribution in [3.8, 4) is 10.8 Å². The molecule has 7 nitrogen and oxygen atoms in total. The highest BCUT2D eigenvalue weighted by Crippen LogP contribution is 2.30. The molecule has 0 N–H and O–H groups in total. The van der Waals surface area contributed by atoms with Crippen molar-refractivity contribution in [2.75, 3.05) is 26.2 Å². The van der Waals surface area contributed by atoms with E-state index in [2.05, 4.69) is 15.1 Å². The summed E-state index contributed by atoms with van der Waals surface area (Å²) in [6.07, 6.45) is 0. The van der Waals surface area contributed by atoms with Crippen LogP contribution in [0.5, 0.6) is 0 Å². The van der Waals surface area contributed by atoms with Crippen molar-refractivity contribution in [1.29, 1.82) is 0 Å². The first-order valence-electron chi connectivity index (χ1n) is 8.32. The van der Waals surface area contributed by atoms with Crippen molar-refractivity contribution < 1.29 is 12.8 Å². The fraction of sp³-hybridized carbons (Fsp3) is 0.375. The Morgan fingerprint density at radius 1 is 1.19 bits per heavy atom. The van der Waals surface area contributed by atoms with E-state index in [4.69, 9.17) is 16.0 Å². The molecule has 0 radical (unpaired) electrons. The van der Waals surface area contributed by atoms with Gasteiger partial charge in [0.05, 0.1) is 15.3 Å². The first kappa shape index (κ1) is 19.0. The quantitative estimate of drug-likeness (QED) is 0.598. The van der Waals surface area contributed by atoms with Crippen LogP contribution in [0, 0.1) is 0 Å². The number of aromatic nitrogens is 2. The van der Waals surface area contributed by atoms with Gasteiger partial charge in [-0.1, -0.05) is 17.7 Å². The van der Waals surface area contributed by atoms with Gasteiger partial charge in [0.1, 0.15) is 4.21 Å². The Hall–Kier alpha value is -1.30. The molecule has 144 valence electrons. The van der Waals surface area contributed by atoms with Crippen LogP contribution in [0.15, 0.2) is 38.3 Å². The summed E-state index contributed by atoms with van der Waals surface area (Å²) in [5.41, 5.74) is 0. The van der Waals surface area contributed by atoms with E-state index in [9.17, 15) is 8.42 Å². The van der Waals surface area contributed by atoms with Crippen LogP contribution in [0.2, 0.25) is 4.34 Å². The maximum absolute atomic E-state index is 12.7. The number of piperazine rings is 1.